The Morgan fingerprint density at radius 1 is 1.10 bits per heavy atom. The molecule has 0 spiro atoms. The Morgan fingerprint density at radius 3 is 2.48 bits per heavy atom. The van der Waals surface area contributed by atoms with Crippen LogP contribution in [0.5, 0.6) is 11.5 Å². The maximum absolute atomic E-state index is 6.20. The molecule has 21 heavy (non-hydrogen) atoms. The first-order valence-corrected chi connectivity index (χ1v) is 7.55. The molecule has 1 aromatic carbocycles. The summed E-state index contributed by atoms with van der Waals surface area (Å²) in [5.74, 6) is 1.50. The Labute approximate surface area is 137 Å². The van der Waals surface area contributed by atoms with Gasteiger partial charge in [-0.3, -0.25) is 0 Å². The molecule has 0 atom stereocenters. The molecule has 1 aromatic heterocycles. The molecule has 1 aliphatic rings. The molecular formula is C14H11Cl3N2O2. The third-order valence-electron chi connectivity index (χ3n) is 3.09. The van der Waals surface area contributed by atoms with E-state index >= 15 is 0 Å². The average Bonchev–Trinajstić information content (AvgIpc) is 2.91. The highest BCUT2D eigenvalue weighted by Gasteiger charge is 2.20. The summed E-state index contributed by atoms with van der Waals surface area (Å²) in [4.78, 5) is 8.61. The zero-order valence-electron chi connectivity index (χ0n) is 11.1. The Kier molecular flexibility index (Phi) is 4.11. The van der Waals surface area contributed by atoms with Gasteiger partial charge in [0.1, 0.15) is 10.3 Å². The average molecular weight is 346 g/mol. The van der Waals surface area contributed by atoms with E-state index in [4.69, 9.17) is 44.3 Å². The minimum Gasteiger partial charge on any atom is -0.454 e. The molecule has 0 amide bonds. The predicted octanol–water partition coefficient (Wildman–Crippen LogP) is 4.79. The molecule has 0 N–H and O–H groups in total. The van der Waals surface area contributed by atoms with Gasteiger partial charge in [-0.2, -0.15) is 0 Å². The van der Waals surface area contributed by atoms with E-state index in [1.54, 1.807) is 12.1 Å². The van der Waals surface area contributed by atoms with Gasteiger partial charge in [-0.1, -0.05) is 48.1 Å². The largest absolute Gasteiger partial charge is 0.454 e. The lowest BCUT2D eigenvalue weighted by Gasteiger charge is -2.08. The zero-order chi connectivity index (χ0) is 15.0. The van der Waals surface area contributed by atoms with Crippen LogP contribution in [0.15, 0.2) is 12.1 Å². The van der Waals surface area contributed by atoms with Gasteiger partial charge in [0.15, 0.2) is 17.3 Å². The van der Waals surface area contributed by atoms with Gasteiger partial charge in [-0.05, 0) is 18.6 Å². The van der Waals surface area contributed by atoms with Gasteiger partial charge in [0.25, 0.3) is 0 Å². The SMILES string of the molecule is CCCc1c(Cl)nc(-c2cc(Cl)c3c(c2)OCO3)nc1Cl. The Balaban J connectivity index is 2.07. The Morgan fingerprint density at radius 2 is 1.81 bits per heavy atom. The molecule has 2 aromatic rings. The molecule has 1 aliphatic heterocycles. The summed E-state index contributed by atoms with van der Waals surface area (Å²) in [5, 5.41) is 1.16. The third-order valence-corrected chi connectivity index (χ3v) is 4.00. The highest BCUT2D eigenvalue weighted by Crippen LogP contribution is 2.42. The quantitative estimate of drug-likeness (QED) is 0.751. The van der Waals surface area contributed by atoms with Crippen molar-refractivity contribution in [1.82, 2.24) is 9.97 Å². The molecule has 110 valence electrons. The van der Waals surface area contributed by atoms with Crippen molar-refractivity contribution >= 4 is 34.8 Å². The first kappa shape index (κ1) is 14.7. The van der Waals surface area contributed by atoms with Crippen LogP contribution < -0.4 is 9.47 Å². The van der Waals surface area contributed by atoms with Gasteiger partial charge < -0.3 is 9.47 Å². The van der Waals surface area contributed by atoms with Crippen LogP contribution in [0.1, 0.15) is 18.9 Å². The fourth-order valence-electron chi connectivity index (χ4n) is 2.11. The van der Waals surface area contributed by atoms with Crippen molar-refractivity contribution in [2.75, 3.05) is 6.79 Å². The van der Waals surface area contributed by atoms with Crippen LogP contribution in [0, 0.1) is 0 Å². The van der Waals surface area contributed by atoms with E-state index in [0.29, 0.717) is 38.2 Å². The highest BCUT2D eigenvalue weighted by atomic mass is 35.5. The molecule has 0 fully saturated rings. The molecule has 3 rings (SSSR count). The predicted molar refractivity (Wildman–Crippen MR) is 82.6 cm³/mol. The standard InChI is InChI=1S/C14H11Cl3N2O2/c1-2-3-8-12(16)18-14(19-13(8)17)7-4-9(15)11-10(5-7)20-6-21-11/h4-5H,2-3,6H2,1H3. The molecule has 0 aliphatic carbocycles. The molecule has 4 nitrogen and oxygen atoms in total. The van der Waals surface area contributed by atoms with Gasteiger partial charge in [-0.15, -0.1) is 0 Å². The third kappa shape index (κ3) is 2.76. The van der Waals surface area contributed by atoms with Crippen molar-refractivity contribution < 1.29 is 9.47 Å². The van der Waals surface area contributed by atoms with E-state index in [1.165, 1.54) is 0 Å². The van der Waals surface area contributed by atoms with Crippen LogP contribution >= 0.6 is 34.8 Å². The summed E-state index contributed by atoms with van der Waals surface area (Å²) >= 11 is 18.6. The summed E-state index contributed by atoms with van der Waals surface area (Å²) < 4.78 is 10.6. The molecule has 2 heterocycles. The highest BCUT2D eigenvalue weighted by molar-refractivity contribution is 6.35. The lowest BCUT2D eigenvalue weighted by atomic mass is 10.1. The van der Waals surface area contributed by atoms with Crippen molar-refractivity contribution in [3.05, 3.63) is 33.0 Å². The van der Waals surface area contributed by atoms with Crippen LogP contribution in [-0.2, 0) is 6.42 Å². The summed E-state index contributed by atoms with van der Waals surface area (Å²) in [5.41, 5.74) is 1.44. The van der Waals surface area contributed by atoms with Crippen molar-refractivity contribution in [3.8, 4) is 22.9 Å². The summed E-state index contributed by atoms with van der Waals surface area (Å²) in [7, 11) is 0. The van der Waals surface area contributed by atoms with E-state index < -0.39 is 0 Å². The van der Waals surface area contributed by atoms with Crippen LogP contribution in [0.2, 0.25) is 15.3 Å². The smallest absolute Gasteiger partial charge is 0.231 e. The van der Waals surface area contributed by atoms with E-state index in [9.17, 15) is 0 Å². The van der Waals surface area contributed by atoms with Gasteiger partial charge in [0, 0.05) is 11.1 Å². The second kappa shape index (κ2) is 5.87. The number of halogens is 3. The van der Waals surface area contributed by atoms with Crippen LogP contribution in [0.25, 0.3) is 11.4 Å². The maximum atomic E-state index is 6.20. The van der Waals surface area contributed by atoms with Crippen LogP contribution in [0.4, 0.5) is 0 Å². The lowest BCUT2D eigenvalue weighted by Crippen LogP contribution is -1.97. The molecule has 0 saturated heterocycles. The van der Waals surface area contributed by atoms with Crippen molar-refractivity contribution in [1.29, 1.82) is 0 Å². The van der Waals surface area contributed by atoms with Crippen molar-refractivity contribution in [3.63, 3.8) is 0 Å². The van der Waals surface area contributed by atoms with Crippen molar-refractivity contribution in [2.45, 2.75) is 19.8 Å². The molecule has 0 unspecified atom stereocenters. The molecular weight excluding hydrogens is 335 g/mol. The number of hydrogen-bond acceptors (Lipinski definition) is 4. The molecule has 0 radical (unpaired) electrons. The molecule has 7 heteroatoms. The number of nitrogens with zero attached hydrogens (tertiary/aromatic N) is 2. The number of rotatable bonds is 3. The first-order chi connectivity index (χ1) is 10.1. The number of ether oxygens (including phenoxy) is 2. The van der Waals surface area contributed by atoms with Gasteiger partial charge in [0.2, 0.25) is 6.79 Å². The monoisotopic (exact) mass is 344 g/mol. The van der Waals surface area contributed by atoms with Crippen molar-refractivity contribution in [2.24, 2.45) is 0 Å². The van der Waals surface area contributed by atoms with Gasteiger partial charge in [0.05, 0.1) is 5.02 Å². The second-order valence-electron chi connectivity index (χ2n) is 4.55. The Hall–Kier alpha value is -1.23. The number of benzene rings is 1. The summed E-state index contributed by atoms with van der Waals surface area (Å²) in [6.07, 6.45) is 1.65. The molecule has 0 saturated carbocycles. The minimum atomic E-state index is 0.149. The topological polar surface area (TPSA) is 44.2 Å². The Bertz CT molecular complexity index is 684. The number of aromatic nitrogens is 2. The van der Waals surface area contributed by atoms with Gasteiger partial charge >= 0.3 is 0 Å². The zero-order valence-corrected chi connectivity index (χ0v) is 13.4. The molecule has 0 bridgehead atoms. The van der Waals surface area contributed by atoms with E-state index in [1.807, 2.05) is 6.92 Å². The van der Waals surface area contributed by atoms with Crippen LogP contribution in [0.3, 0.4) is 0 Å². The van der Waals surface area contributed by atoms with Gasteiger partial charge in [-0.25, -0.2) is 9.97 Å². The maximum Gasteiger partial charge on any atom is 0.231 e. The summed E-state index contributed by atoms with van der Waals surface area (Å²) in [6, 6.07) is 3.46. The van der Waals surface area contributed by atoms with E-state index in [2.05, 4.69) is 9.97 Å². The number of fused-ring (bicyclic) bond motifs is 1. The lowest BCUT2D eigenvalue weighted by molar-refractivity contribution is 0.174. The first-order valence-electron chi connectivity index (χ1n) is 6.41. The normalized spacial score (nSPS) is 12.8. The fourth-order valence-corrected chi connectivity index (χ4v) is 2.95. The van der Waals surface area contributed by atoms with E-state index in [-0.39, 0.29) is 6.79 Å². The fraction of sp³-hybridized carbons (Fsp3) is 0.286. The van der Waals surface area contributed by atoms with E-state index in [0.717, 1.165) is 18.4 Å². The number of hydrogen-bond donors (Lipinski definition) is 0. The second-order valence-corrected chi connectivity index (χ2v) is 5.67. The van der Waals surface area contributed by atoms with Crippen LogP contribution in [-0.4, -0.2) is 16.8 Å². The minimum absolute atomic E-state index is 0.149. The summed E-state index contributed by atoms with van der Waals surface area (Å²) in [6.45, 7) is 2.19.